The smallest absolute Gasteiger partial charge is 0.329 e. The zero-order chi connectivity index (χ0) is 27.5. The summed E-state index contributed by atoms with van der Waals surface area (Å²) in [6.45, 7) is 5.52. The third kappa shape index (κ3) is 4.61. The monoisotopic (exact) mass is 552 g/mol. The van der Waals surface area contributed by atoms with Gasteiger partial charge in [0.25, 0.3) is 0 Å². The number of nitrogens with zero attached hydrogens (tertiary/aromatic N) is 5. The van der Waals surface area contributed by atoms with Crippen molar-refractivity contribution in [2.24, 2.45) is 7.05 Å². The lowest BCUT2D eigenvalue weighted by Gasteiger charge is -2.24. The van der Waals surface area contributed by atoms with E-state index in [4.69, 9.17) is 9.47 Å². The van der Waals surface area contributed by atoms with Crippen LogP contribution in [0.1, 0.15) is 33.1 Å². The highest BCUT2D eigenvalue weighted by Gasteiger charge is 2.34. The molecule has 0 saturated heterocycles. The van der Waals surface area contributed by atoms with Crippen molar-refractivity contribution in [3.63, 3.8) is 0 Å². The Balaban J connectivity index is 1.50. The molecule has 0 bridgehead atoms. The Morgan fingerprint density at radius 2 is 2.05 bits per heavy atom. The lowest BCUT2D eigenvalue weighted by Crippen LogP contribution is -2.40. The Morgan fingerprint density at radius 1 is 1.26 bits per heavy atom. The molecule has 0 spiro atoms. The zero-order valence-corrected chi connectivity index (χ0v) is 23.7. The first kappa shape index (κ1) is 25.9. The Labute approximate surface area is 230 Å². The molecular weight excluding hydrogens is 519 g/mol. The van der Waals surface area contributed by atoms with Gasteiger partial charge in [-0.2, -0.15) is 0 Å². The van der Waals surface area contributed by atoms with Gasteiger partial charge in [-0.3, -0.25) is 14.1 Å². The Kier molecular flexibility index (Phi) is 6.46. The second kappa shape index (κ2) is 9.71. The molecule has 0 radical (unpaired) electrons. The number of hydrogen-bond donors (Lipinski definition) is 1. The van der Waals surface area contributed by atoms with E-state index in [-0.39, 0.29) is 12.3 Å². The highest BCUT2D eigenvalue weighted by atomic mass is 32.2. The molecule has 2 aliphatic rings. The van der Waals surface area contributed by atoms with Gasteiger partial charge in [0, 0.05) is 36.7 Å². The quantitative estimate of drug-likeness (QED) is 0.235. The fourth-order valence-corrected chi connectivity index (χ4v) is 5.84. The fraction of sp³-hybridized carbons (Fsp3) is 0.464. The fourth-order valence-electron chi connectivity index (χ4n) is 5.03. The topological polar surface area (TPSA) is 86.4 Å². The largest absolute Gasteiger partial charge is 0.490 e. The van der Waals surface area contributed by atoms with E-state index in [1.165, 1.54) is 18.9 Å². The summed E-state index contributed by atoms with van der Waals surface area (Å²) in [6, 6.07) is 3.28. The molecule has 1 N–H and O–H groups in total. The second-order valence-electron chi connectivity index (χ2n) is 11.2. The summed E-state index contributed by atoms with van der Waals surface area (Å²) in [5, 5.41) is 1.18. The first-order chi connectivity index (χ1) is 18.7. The summed E-state index contributed by atoms with van der Waals surface area (Å²) in [5.74, 6) is 0.395. The number of aromatic nitrogens is 4. The number of pyridine rings is 2. The van der Waals surface area contributed by atoms with E-state index in [1.54, 1.807) is 40.5 Å². The molecule has 1 fully saturated rings. The SMILES string of the molecule is CN(C)CCCOc1ncc(-c2c(F)cc3ncc4c5c3c2OCC(C)(C)n5c(=O)n4C)cc1NSC1CC1. The first-order valence-electron chi connectivity index (χ1n) is 13.2. The molecule has 0 atom stereocenters. The van der Waals surface area contributed by atoms with Gasteiger partial charge in [-0.15, -0.1) is 0 Å². The minimum absolute atomic E-state index is 0.160. The van der Waals surface area contributed by atoms with E-state index >= 15 is 4.39 Å². The second-order valence-corrected chi connectivity index (χ2v) is 12.3. The van der Waals surface area contributed by atoms with Crippen LogP contribution < -0.4 is 19.9 Å². The maximum atomic E-state index is 15.9. The van der Waals surface area contributed by atoms with Crippen LogP contribution >= 0.6 is 11.9 Å². The van der Waals surface area contributed by atoms with Gasteiger partial charge in [0.2, 0.25) is 5.88 Å². The Morgan fingerprint density at radius 3 is 2.79 bits per heavy atom. The highest BCUT2D eigenvalue weighted by molar-refractivity contribution is 8.01. The summed E-state index contributed by atoms with van der Waals surface area (Å²) < 4.78 is 35.0. The van der Waals surface area contributed by atoms with Crippen LogP contribution in [0, 0.1) is 5.82 Å². The molecule has 0 amide bonds. The molecule has 0 unspecified atom stereocenters. The van der Waals surface area contributed by atoms with Crippen LogP contribution in [0.15, 0.2) is 29.3 Å². The summed E-state index contributed by atoms with van der Waals surface area (Å²) in [4.78, 5) is 24.5. The number of halogens is 1. The number of aryl methyl sites for hydroxylation is 1. The summed E-state index contributed by atoms with van der Waals surface area (Å²) in [7, 11) is 5.79. The molecule has 9 nitrogen and oxygen atoms in total. The lowest BCUT2D eigenvalue weighted by molar-refractivity contribution is 0.189. The molecule has 6 rings (SSSR count). The predicted molar refractivity (Wildman–Crippen MR) is 153 cm³/mol. The van der Waals surface area contributed by atoms with E-state index in [9.17, 15) is 4.79 Å². The third-order valence-electron chi connectivity index (χ3n) is 7.24. The van der Waals surface area contributed by atoms with Crippen LogP contribution in [0.4, 0.5) is 10.1 Å². The normalized spacial score (nSPS) is 16.2. The zero-order valence-electron chi connectivity index (χ0n) is 22.9. The van der Waals surface area contributed by atoms with Gasteiger partial charge >= 0.3 is 5.69 Å². The molecular formula is C28H33FN6O3S. The van der Waals surface area contributed by atoms with Crippen LogP contribution in [-0.4, -0.2) is 63.1 Å². The minimum atomic E-state index is -0.659. The number of ether oxygens (including phenoxy) is 2. The Bertz CT molecular complexity index is 1640. The number of imidazole rings is 1. The third-order valence-corrected chi connectivity index (χ3v) is 8.39. The molecule has 1 aromatic carbocycles. The molecule has 206 valence electrons. The van der Waals surface area contributed by atoms with Gasteiger partial charge in [0.05, 0.1) is 45.8 Å². The van der Waals surface area contributed by atoms with Crippen molar-refractivity contribution in [2.75, 3.05) is 38.6 Å². The van der Waals surface area contributed by atoms with Crippen molar-refractivity contribution >= 4 is 39.6 Å². The number of nitrogens with one attached hydrogen (secondary N) is 1. The van der Waals surface area contributed by atoms with Gasteiger partial charge in [0.1, 0.15) is 23.9 Å². The van der Waals surface area contributed by atoms with Crippen LogP contribution in [0.5, 0.6) is 11.6 Å². The van der Waals surface area contributed by atoms with E-state index < -0.39 is 11.4 Å². The lowest BCUT2D eigenvalue weighted by atomic mass is 10.0. The molecule has 3 aromatic heterocycles. The highest BCUT2D eigenvalue weighted by Crippen LogP contribution is 2.46. The van der Waals surface area contributed by atoms with E-state index in [2.05, 4.69) is 19.6 Å². The van der Waals surface area contributed by atoms with Crippen molar-refractivity contribution in [3.8, 4) is 22.8 Å². The van der Waals surface area contributed by atoms with Crippen LogP contribution in [0.3, 0.4) is 0 Å². The van der Waals surface area contributed by atoms with Gasteiger partial charge in [-0.05, 0) is 65.2 Å². The molecule has 11 heteroatoms. The first-order valence-corrected chi connectivity index (χ1v) is 14.1. The van der Waals surface area contributed by atoms with Crippen molar-refractivity contribution < 1.29 is 13.9 Å². The minimum Gasteiger partial charge on any atom is -0.490 e. The maximum absolute atomic E-state index is 15.9. The number of rotatable bonds is 9. The molecule has 1 aliphatic heterocycles. The van der Waals surface area contributed by atoms with Gasteiger partial charge < -0.3 is 19.1 Å². The maximum Gasteiger partial charge on any atom is 0.329 e. The summed E-state index contributed by atoms with van der Waals surface area (Å²) in [6.07, 6.45) is 6.44. The van der Waals surface area contributed by atoms with Gasteiger partial charge in [-0.1, -0.05) is 0 Å². The van der Waals surface area contributed by atoms with Crippen LogP contribution in [-0.2, 0) is 12.6 Å². The van der Waals surface area contributed by atoms with Gasteiger partial charge in [-0.25, -0.2) is 14.2 Å². The van der Waals surface area contributed by atoms with Gasteiger partial charge in [0.15, 0.2) is 0 Å². The van der Waals surface area contributed by atoms with E-state index in [0.717, 1.165) is 13.0 Å². The van der Waals surface area contributed by atoms with E-state index in [1.807, 2.05) is 34.0 Å². The van der Waals surface area contributed by atoms with Crippen molar-refractivity contribution in [2.45, 2.75) is 43.9 Å². The van der Waals surface area contributed by atoms with E-state index in [0.29, 0.717) is 62.2 Å². The van der Waals surface area contributed by atoms with Crippen LogP contribution in [0.25, 0.3) is 33.1 Å². The van der Waals surface area contributed by atoms with Crippen molar-refractivity contribution in [1.29, 1.82) is 0 Å². The predicted octanol–water partition coefficient (Wildman–Crippen LogP) is 4.77. The molecule has 4 heterocycles. The van der Waals surface area contributed by atoms with Crippen molar-refractivity contribution in [3.05, 3.63) is 40.8 Å². The number of anilines is 1. The summed E-state index contributed by atoms with van der Waals surface area (Å²) >= 11 is 1.64. The molecule has 1 saturated carbocycles. The average Bonchev–Trinajstić information content (AvgIpc) is 3.69. The summed E-state index contributed by atoms with van der Waals surface area (Å²) in [5.41, 5.74) is 2.54. The number of benzene rings is 1. The molecule has 1 aliphatic carbocycles. The Hall–Kier alpha value is -3.31. The average molecular weight is 553 g/mol. The molecule has 39 heavy (non-hydrogen) atoms. The molecule has 4 aromatic rings. The van der Waals surface area contributed by atoms with Crippen molar-refractivity contribution in [1.82, 2.24) is 24.0 Å². The number of hydrogen-bond acceptors (Lipinski definition) is 8. The van der Waals surface area contributed by atoms with Crippen LogP contribution in [0.2, 0.25) is 0 Å². The standard InChI is InChI=1S/C28H33FN6O3S/c1-28(2)15-38-25-22(18(29)12-19-23(25)24-21(14-30-19)34(5)27(36)35(24)28)16-11-20(32-39-17-7-8-17)26(31-13-16)37-10-6-9-33(3)4/h11-14,17,32H,6-10,15H2,1-5H3.